The van der Waals surface area contributed by atoms with Crippen LogP contribution < -0.4 is 10.9 Å². The maximum Gasteiger partial charge on any atom is 0.264 e. The average Bonchev–Trinajstić information content (AvgIpc) is 3.29. The molecule has 3 aromatic heterocycles. The van der Waals surface area contributed by atoms with E-state index in [9.17, 15) is 9.59 Å². The summed E-state index contributed by atoms with van der Waals surface area (Å²) in [6.07, 6.45) is 4.37. The third-order valence-corrected chi connectivity index (χ3v) is 4.87. The fourth-order valence-electron chi connectivity index (χ4n) is 2.65. The van der Waals surface area contributed by atoms with E-state index < -0.39 is 0 Å². The Hall–Kier alpha value is -3.04. The van der Waals surface area contributed by atoms with Crippen molar-refractivity contribution in [1.82, 2.24) is 24.3 Å². The molecule has 0 atom stereocenters. The van der Waals surface area contributed by atoms with E-state index in [1.807, 2.05) is 13.0 Å². The van der Waals surface area contributed by atoms with Crippen LogP contribution in [-0.2, 0) is 11.3 Å². The Morgan fingerprint density at radius 1 is 1.33 bits per heavy atom. The van der Waals surface area contributed by atoms with Gasteiger partial charge in [0.25, 0.3) is 5.56 Å². The van der Waals surface area contributed by atoms with Crippen LogP contribution in [0, 0.1) is 6.92 Å². The second-order valence-corrected chi connectivity index (χ2v) is 7.12. The summed E-state index contributed by atoms with van der Waals surface area (Å²) in [4.78, 5) is 33.1. The molecular weight excluding hydrogens is 388 g/mol. The van der Waals surface area contributed by atoms with Gasteiger partial charge in [-0.25, -0.2) is 14.6 Å². The number of hydrogen-bond donors (Lipinski definition) is 1. The maximum atomic E-state index is 12.7. The summed E-state index contributed by atoms with van der Waals surface area (Å²) in [5.74, 6) is -0.355. The zero-order valence-electron chi connectivity index (χ0n) is 14.1. The largest absolute Gasteiger partial charge is 0.300 e. The van der Waals surface area contributed by atoms with E-state index in [0.29, 0.717) is 21.2 Å². The first-order valence-corrected chi connectivity index (χ1v) is 9.18. The summed E-state index contributed by atoms with van der Waals surface area (Å²) in [6, 6.07) is 5.42. The van der Waals surface area contributed by atoms with Crippen LogP contribution >= 0.6 is 22.9 Å². The lowest BCUT2D eigenvalue weighted by Gasteiger charge is -2.08. The Kier molecular flexibility index (Phi) is 4.46. The Morgan fingerprint density at radius 3 is 2.96 bits per heavy atom. The number of thiazole rings is 1. The number of carbonyl (C=O) groups excluding carboxylic acids is 1. The van der Waals surface area contributed by atoms with Gasteiger partial charge in [-0.05, 0) is 24.6 Å². The molecule has 0 fully saturated rings. The number of nitrogens with one attached hydrogen (secondary N) is 1. The standard InChI is InChI=1S/C17H13ClN6O2S/c1-10-2-3-11(18)6-13(10)24-15-12(7-21-24)16(26)23(9-20-15)8-14(25)22-17-19-4-5-27-17/h2-7,9H,8H2,1H3,(H,19,22,25). The van der Waals surface area contributed by atoms with Crippen LogP contribution in [0.15, 0.2) is 47.1 Å². The van der Waals surface area contributed by atoms with Gasteiger partial charge in [0.05, 0.1) is 11.9 Å². The van der Waals surface area contributed by atoms with Gasteiger partial charge >= 0.3 is 0 Å². The maximum absolute atomic E-state index is 12.7. The summed E-state index contributed by atoms with van der Waals surface area (Å²) in [6.45, 7) is 1.76. The van der Waals surface area contributed by atoms with Crippen molar-refractivity contribution in [3.63, 3.8) is 0 Å². The van der Waals surface area contributed by atoms with Gasteiger partial charge in [0.2, 0.25) is 5.91 Å². The number of rotatable bonds is 4. The minimum atomic E-state index is -0.355. The molecule has 0 spiro atoms. The molecule has 1 aromatic carbocycles. The van der Waals surface area contributed by atoms with E-state index in [2.05, 4.69) is 20.4 Å². The molecule has 27 heavy (non-hydrogen) atoms. The third kappa shape index (κ3) is 3.34. The fraction of sp³-hybridized carbons (Fsp3) is 0.118. The molecular formula is C17H13ClN6O2S. The predicted molar refractivity (Wildman–Crippen MR) is 104 cm³/mol. The van der Waals surface area contributed by atoms with Crippen LogP contribution in [0.3, 0.4) is 0 Å². The zero-order chi connectivity index (χ0) is 19.0. The molecule has 0 aliphatic carbocycles. The van der Waals surface area contributed by atoms with Crippen molar-refractivity contribution in [2.75, 3.05) is 5.32 Å². The van der Waals surface area contributed by atoms with Gasteiger partial charge in [-0.2, -0.15) is 5.10 Å². The molecule has 0 saturated carbocycles. The Morgan fingerprint density at radius 2 is 2.19 bits per heavy atom. The first-order chi connectivity index (χ1) is 13.0. The van der Waals surface area contributed by atoms with Crippen molar-refractivity contribution < 1.29 is 4.79 Å². The highest BCUT2D eigenvalue weighted by Crippen LogP contribution is 2.21. The zero-order valence-corrected chi connectivity index (χ0v) is 15.7. The molecule has 8 nitrogen and oxygen atoms in total. The van der Waals surface area contributed by atoms with Crippen molar-refractivity contribution in [2.24, 2.45) is 0 Å². The molecule has 0 unspecified atom stereocenters. The number of benzene rings is 1. The number of aryl methyl sites for hydroxylation is 1. The Balaban J connectivity index is 1.68. The van der Waals surface area contributed by atoms with Crippen LogP contribution in [0.4, 0.5) is 5.13 Å². The summed E-state index contributed by atoms with van der Waals surface area (Å²) >= 11 is 7.38. The van der Waals surface area contributed by atoms with Crippen molar-refractivity contribution in [1.29, 1.82) is 0 Å². The van der Waals surface area contributed by atoms with Gasteiger partial charge in [-0.15, -0.1) is 11.3 Å². The van der Waals surface area contributed by atoms with E-state index >= 15 is 0 Å². The number of aromatic nitrogens is 5. The molecule has 1 amide bonds. The number of hydrogen-bond acceptors (Lipinski definition) is 6. The van der Waals surface area contributed by atoms with Crippen LogP contribution in [0.1, 0.15) is 5.56 Å². The lowest BCUT2D eigenvalue weighted by Crippen LogP contribution is -2.27. The summed E-state index contributed by atoms with van der Waals surface area (Å²) in [5, 5.41) is 10.0. The molecule has 136 valence electrons. The monoisotopic (exact) mass is 400 g/mol. The van der Waals surface area contributed by atoms with Crippen LogP contribution in [0.2, 0.25) is 5.02 Å². The summed E-state index contributed by atoms with van der Waals surface area (Å²) in [5.41, 5.74) is 1.74. The molecule has 0 bridgehead atoms. The molecule has 3 heterocycles. The average molecular weight is 401 g/mol. The van der Waals surface area contributed by atoms with Crippen LogP contribution in [0.25, 0.3) is 16.7 Å². The Labute approximate surface area is 162 Å². The van der Waals surface area contributed by atoms with Gasteiger partial charge < -0.3 is 5.32 Å². The first kappa shape index (κ1) is 17.4. The highest BCUT2D eigenvalue weighted by molar-refractivity contribution is 7.13. The Bertz CT molecular complexity index is 1200. The minimum absolute atomic E-state index is 0.164. The van der Waals surface area contributed by atoms with E-state index in [-0.39, 0.29) is 18.0 Å². The molecule has 1 N–H and O–H groups in total. The van der Waals surface area contributed by atoms with Crippen molar-refractivity contribution in [2.45, 2.75) is 13.5 Å². The highest BCUT2D eigenvalue weighted by atomic mass is 35.5. The lowest BCUT2D eigenvalue weighted by molar-refractivity contribution is -0.116. The minimum Gasteiger partial charge on any atom is -0.300 e. The molecule has 10 heteroatoms. The van der Waals surface area contributed by atoms with Crippen molar-refractivity contribution in [3.8, 4) is 5.69 Å². The molecule has 4 aromatic rings. The molecule has 0 radical (unpaired) electrons. The van der Waals surface area contributed by atoms with Gasteiger partial charge in [-0.3, -0.25) is 14.2 Å². The van der Waals surface area contributed by atoms with E-state index in [1.165, 1.54) is 28.4 Å². The summed E-state index contributed by atoms with van der Waals surface area (Å²) in [7, 11) is 0. The normalized spacial score (nSPS) is 11.0. The third-order valence-electron chi connectivity index (χ3n) is 3.95. The first-order valence-electron chi connectivity index (χ1n) is 7.92. The smallest absolute Gasteiger partial charge is 0.264 e. The van der Waals surface area contributed by atoms with Crippen molar-refractivity contribution >= 4 is 45.0 Å². The number of fused-ring (bicyclic) bond motifs is 1. The van der Waals surface area contributed by atoms with Gasteiger partial charge in [-0.1, -0.05) is 17.7 Å². The lowest BCUT2D eigenvalue weighted by atomic mass is 10.2. The number of carbonyl (C=O) groups is 1. The summed E-state index contributed by atoms with van der Waals surface area (Å²) < 4.78 is 2.81. The number of amides is 1. The molecule has 0 aliphatic rings. The highest BCUT2D eigenvalue weighted by Gasteiger charge is 2.15. The van der Waals surface area contributed by atoms with Crippen LogP contribution in [-0.4, -0.2) is 30.2 Å². The molecule has 0 aliphatic heterocycles. The fourth-order valence-corrected chi connectivity index (χ4v) is 3.36. The molecule has 4 rings (SSSR count). The van der Waals surface area contributed by atoms with Gasteiger partial charge in [0, 0.05) is 16.6 Å². The SMILES string of the molecule is Cc1ccc(Cl)cc1-n1ncc2c(=O)n(CC(=O)Nc3nccs3)cnc21. The topological polar surface area (TPSA) is 94.7 Å². The number of anilines is 1. The van der Waals surface area contributed by atoms with E-state index in [4.69, 9.17) is 11.6 Å². The predicted octanol–water partition coefficient (Wildman–Crippen LogP) is 2.64. The van der Waals surface area contributed by atoms with Crippen molar-refractivity contribution in [3.05, 3.63) is 63.2 Å². The second-order valence-electron chi connectivity index (χ2n) is 5.79. The molecule has 0 saturated heterocycles. The number of nitrogens with zero attached hydrogens (tertiary/aromatic N) is 5. The van der Waals surface area contributed by atoms with Gasteiger partial charge in [0.1, 0.15) is 18.3 Å². The quantitative estimate of drug-likeness (QED) is 0.568. The van der Waals surface area contributed by atoms with Crippen LogP contribution in [0.5, 0.6) is 0 Å². The second kappa shape index (κ2) is 6.93. The van der Waals surface area contributed by atoms with Gasteiger partial charge in [0.15, 0.2) is 10.8 Å². The van der Waals surface area contributed by atoms with E-state index in [0.717, 1.165) is 11.3 Å². The van der Waals surface area contributed by atoms with E-state index in [1.54, 1.807) is 28.4 Å². The number of halogens is 1.